The van der Waals surface area contributed by atoms with Gasteiger partial charge in [0.15, 0.2) is 6.29 Å². The smallest absolute Gasteiger partial charge is 0.154 e. The number of anilines is 1. The second-order valence-electron chi connectivity index (χ2n) is 7.94. The van der Waals surface area contributed by atoms with Gasteiger partial charge in [-0.15, -0.1) is 0 Å². The minimum absolute atomic E-state index is 0.139. The molecule has 1 heterocycles. The summed E-state index contributed by atoms with van der Waals surface area (Å²) in [6, 6.07) is 5.14. The number of benzene rings is 1. The van der Waals surface area contributed by atoms with E-state index in [1.54, 1.807) is 18.3 Å². The van der Waals surface area contributed by atoms with E-state index in [-0.39, 0.29) is 5.75 Å². The van der Waals surface area contributed by atoms with E-state index in [1.807, 2.05) is 42.7 Å². The quantitative estimate of drug-likeness (QED) is 0.425. The molecule has 1 aromatic heterocycles. The highest BCUT2D eigenvalue weighted by atomic mass is 16.3. The van der Waals surface area contributed by atoms with Crippen LogP contribution in [-0.4, -0.2) is 16.0 Å². The van der Waals surface area contributed by atoms with Crippen molar-refractivity contribution in [2.75, 3.05) is 5.73 Å². The first-order valence-corrected chi connectivity index (χ1v) is 11.0. The predicted molar refractivity (Wildman–Crippen MR) is 135 cm³/mol. The molecule has 0 aliphatic rings. The lowest BCUT2D eigenvalue weighted by Gasteiger charge is -2.11. The lowest BCUT2D eigenvalue weighted by atomic mass is 10.00. The van der Waals surface area contributed by atoms with E-state index < -0.39 is 0 Å². The highest BCUT2D eigenvalue weighted by Crippen LogP contribution is 2.22. The third-order valence-electron chi connectivity index (χ3n) is 5.68. The first-order chi connectivity index (χ1) is 15.3. The van der Waals surface area contributed by atoms with Gasteiger partial charge in [0.25, 0.3) is 0 Å². The highest BCUT2D eigenvalue weighted by Gasteiger charge is 2.15. The third kappa shape index (κ3) is 5.22. The second kappa shape index (κ2) is 11.2. The normalized spacial score (nSPS) is 14.3. The van der Waals surface area contributed by atoms with Gasteiger partial charge in [0, 0.05) is 11.3 Å². The number of nitrogens with two attached hydrogens (primary N) is 2. The SMILES string of the molecule is CCC/C=c1/c(C=O)c(N)n(-c2cc(O)ccc2C)/c1=C/C=C(C)/C(/C=C\N)=C(/C)CC. The summed E-state index contributed by atoms with van der Waals surface area (Å²) >= 11 is 0. The molecule has 0 saturated carbocycles. The van der Waals surface area contributed by atoms with Crippen LogP contribution < -0.4 is 22.0 Å². The number of aldehydes is 1. The zero-order valence-corrected chi connectivity index (χ0v) is 19.8. The Balaban J connectivity index is 2.97. The monoisotopic (exact) mass is 433 g/mol. The summed E-state index contributed by atoms with van der Waals surface area (Å²) in [6.45, 7) is 10.3. The van der Waals surface area contributed by atoms with Gasteiger partial charge < -0.3 is 16.6 Å². The van der Waals surface area contributed by atoms with Crippen LogP contribution >= 0.6 is 0 Å². The molecule has 0 bridgehead atoms. The first kappa shape index (κ1) is 24.8. The first-order valence-electron chi connectivity index (χ1n) is 11.0. The van der Waals surface area contributed by atoms with E-state index in [1.165, 1.54) is 5.57 Å². The fourth-order valence-electron chi connectivity index (χ4n) is 3.73. The van der Waals surface area contributed by atoms with Crippen LogP contribution in [-0.2, 0) is 0 Å². The van der Waals surface area contributed by atoms with E-state index in [2.05, 4.69) is 26.8 Å². The highest BCUT2D eigenvalue weighted by molar-refractivity contribution is 5.84. The van der Waals surface area contributed by atoms with Gasteiger partial charge in [-0.25, -0.2) is 0 Å². The van der Waals surface area contributed by atoms with Crippen molar-refractivity contribution in [3.8, 4) is 11.4 Å². The number of unbranched alkanes of at least 4 members (excludes halogenated alkanes) is 1. The molecule has 5 nitrogen and oxygen atoms in total. The molecule has 0 aliphatic heterocycles. The fourth-order valence-corrected chi connectivity index (χ4v) is 3.73. The van der Waals surface area contributed by atoms with Gasteiger partial charge in [-0.3, -0.25) is 9.36 Å². The number of carbonyl (C=O) groups is 1. The number of aromatic nitrogens is 1. The predicted octanol–water partition coefficient (Wildman–Crippen LogP) is 4.39. The fraction of sp³-hybridized carbons (Fsp3) is 0.296. The number of nitrogens with zero attached hydrogens (tertiary/aromatic N) is 1. The van der Waals surface area contributed by atoms with E-state index in [9.17, 15) is 9.90 Å². The Morgan fingerprint density at radius 1 is 1.22 bits per heavy atom. The average Bonchev–Trinajstić information content (AvgIpc) is 3.05. The number of phenolic OH excluding ortho intramolecular Hbond substituents is 1. The van der Waals surface area contributed by atoms with Crippen molar-refractivity contribution < 1.29 is 9.90 Å². The number of allylic oxidation sites excluding steroid dienone is 5. The van der Waals surface area contributed by atoms with Crippen LogP contribution in [0.3, 0.4) is 0 Å². The Labute approximate surface area is 190 Å². The third-order valence-corrected chi connectivity index (χ3v) is 5.68. The molecule has 32 heavy (non-hydrogen) atoms. The lowest BCUT2D eigenvalue weighted by Crippen LogP contribution is -2.30. The van der Waals surface area contributed by atoms with Crippen LogP contribution in [0.1, 0.15) is 62.9 Å². The molecule has 0 atom stereocenters. The zero-order valence-electron chi connectivity index (χ0n) is 19.8. The van der Waals surface area contributed by atoms with E-state index >= 15 is 0 Å². The molecule has 1 aromatic carbocycles. The number of carbonyl (C=O) groups excluding carboxylic acids is 1. The summed E-state index contributed by atoms with van der Waals surface area (Å²) in [5, 5.41) is 11.7. The summed E-state index contributed by atoms with van der Waals surface area (Å²) in [6.07, 6.45) is 13.0. The lowest BCUT2D eigenvalue weighted by molar-refractivity contribution is 0.112. The standard InChI is InChI=1S/C27H35N3O2/c1-6-8-9-23-24(17-31)27(29)30(26-16-21(32)12-10-20(26)5)25(23)13-11-19(4)22(14-15-28)18(3)7-2/h9-17,32H,6-8,28-29H2,1-5H3/b15-14-,19-11+,22-18-,23-9-,25-13+. The molecule has 2 aromatic rings. The van der Waals surface area contributed by atoms with Crippen molar-refractivity contribution in [3.05, 3.63) is 75.0 Å². The van der Waals surface area contributed by atoms with Gasteiger partial charge in [-0.05, 0) is 74.7 Å². The minimum Gasteiger partial charge on any atom is -0.508 e. The number of hydrogen-bond donors (Lipinski definition) is 3. The average molecular weight is 434 g/mol. The summed E-state index contributed by atoms with van der Waals surface area (Å²) in [5.74, 6) is 0.496. The molecule has 0 saturated heterocycles. The Bertz CT molecular complexity index is 1190. The number of rotatable bonds is 8. The summed E-state index contributed by atoms with van der Waals surface area (Å²) in [7, 11) is 0. The van der Waals surface area contributed by atoms with Crippen LogP contribution in [0.2, 0.25) is 0 Å². The van der Waals surface area contributed by atoms with Crippen LogP contribution in [0.25, 0.3) is 17.8 Å². The molecular formula is C27H35N3O2. The summed E-state index contributed by atoms with van der Waals surface area (Å²) in [5.41, 5.74) is 17.7. The van der Waals surface area contributed by atoms with E-state index in [0.717, 1.165) is 58.5 Å². The zero-order chi connectivity index (χ0) is 23.8. The van der Waals surface area contributed by atoms with E-state index in [4.69, 9.17) is 11.5 Å². The van der Waals surface area contributed by atoms with Crippen molar-refractivity contribution in [2.24, 2.45) is 5.73 Å². The molecule has 0 spiro atoms. The number of aromatic hydroxyl groups is 1. The Hall–Kier alpha value is -3.47. The molecule has 5 heteroatoms. The molecule has 5 N–H and O–H groups in total. The molecule has 2 rings (SSSR count). The molecule has 0 aliphatic carbocycles. The van der Waals surface area contributed by atoms with Crippen LogP contribution in [0, 0.1) is 6.92 Å². The summed E-state index contributed by atoms with van der Waals surface area (Å²) in [4.78, 5) is 12.0. The van der Waals surface area contributed by atoms with Gasteiger partial charge >= 0.3 is 0 Å². The molecule has 0 fully saturated rings. The number of phenols is 1. The van der Waals surface area contributed by atoms with Gasteiger partial charge in [0.05, 0.1) is 16.6 Å². The maximum absolute atomic E-state index is 12.0. The van der Waals surface area contributed by atoms with Crippen LogP contribution in [0.5, 0.6) is 5.75 Å². The van der Waals surface area contributed by atoms with Gasteiger partial charge in [0.2, 0.25) is 0 Å². The summed E-state index contributed by atoms with van der Waals surface area (Å²) < 4.78 is 1.85. The topological polar surface area (TPSA) is 94.3 Å². The molecule has 0 radical (unpaired) electrons. The number of aryl methyl sites for hydroxylation is 1. The largest absolute Gasteiger partial charge is 0.508 e. The van der Waals surface area contributed by atoms with Crippen molar-refractivity contribution in [1.29, 1.82) is 0 Å². The minimum atomic E-state index is 0.139. The van der Waals surface area contributed by atoms with Crippen LogP contribution in [0.15, 0.2) is 53.3 Å². The van der Waals surface area contributed by atoms with Crippen LogP contribution in [0.4, 0.5) is 5.82 Å². The molecule has 0 amide bonds. The maximum Gasteiger partial charge on any atom is 0.154 e. The molecular weight excluding hydrogens is 398 g/mol. The van der Waals surface area contributed by atoms with Crippen molar-refractivity contribution in [1.82, 2.24) is 4.57 Å². The Kier molecular flexibility index (Phi) is 8.71. The van der Waals surface area contributed by atoms with Crippen molar-refractivity contribution in [3.63, 3.8) is 0 Å². The van der Waals surface area contributed by atoms with Crippen molar-refractivity contribution >= 4 is 24.3 Å². The number of hydrogen-bond acceptors (Lipinski definition) is 4. The van der Waals surface area contributed by atoms with Crippen molar-refractivity contribution in [2.45, 2.75) is 53.9 Å². The molecule has 170 valence electrons. The Morgan fingerprint density at radius 2 is 1.94 bits per heavy atom. The van der Waals surface area contributed by atoms with Gasteiger partial charge in [0.1, 0.15) is 11.6 Å². The number of nitrogen functional groups attached to an aromatic ring is 1. The molecule has 0 unspecified atom stereocenters. The van der Waals surface area contributed by atoms with Gasteiger partial charge in [-0.1, -0.05) is 44.1 Å². The maximum atomic E-state index is 12.0. The second-order valence-corrected chi connectivity index (χ2v) is 7.94. The van der Waals surface area contributed by atoms with Gasteiger partial charge in [-0.2, -0.15) is 0 Å². The Morgan fingerprint density at radius 3 is 2.53 bits per heavy atom. The van der Waals surface area contributed by atoms with E-state index in [0.29, 0.717) is 11.4 Å².